The minimum Gasteiger partial charge on any atom is -0.469 e. The van der Waals surface area contributed by atoms with Crippen LogP contribution in [0.25, 0.3) is 10.2 Å². The number of thiophene rings is 1. The van der Waals surface area contributed by atoms with Gasteiger partial charge in [0.2, 0.25) is 0 Å². The number of rotatable bonds is 9. The van der Waals surface area contributed by atoms with Crippen LogP contribution in [0.4, 0.5) is 5.69 Å². The second kappa shape index (κ2) is 10.3. The number of hydrogen-bond acceptors (Lipinski definition) is 7. The summed E-state index contributed by atoms with van der Waals surface area (Å²) in [4.78, 5) is 43.2. The Morgan fingerprint density at radius 3 is 2.61 bits per heavy atom. The van der Waals surface area contributed by atoms with E-state index in [1.54, 1.807) is 30.7 Å². The molecule has 2 aromatic heterocycles. The van der Waals surface area contributed by atoms with Gasteiger partial charge in [-0.15, -0.1) is 11.3 Å². The molecular formula is C22H25N3O5S. The fourth-order valence-corrected chi connectivity index (χ4v) is 4.37. The number of hydrogen-bond donors (Lipinski definition) is 1. The van der Waals surface area contributed by atoms with Crippen molar-refractivity contribution in [3.05, 3.63) is 57.0 Å². The fraction of sp³-hybridized carbons (Fsp3) is 0.364. The number of carbonyl (C=O) groups excluding carboxylic acids is 2. The first-order chi connectivity index (χ1) is 15.0. The minimum atomic E-state index is -0.327. The quantitative estimate of drug-likeness (QED) is 0.510. The smallest absolute Gasteiger partial charge is 0.305 e. The van der Waals surface area contributed by atoms with Gasteiger partial charge in [0.15, 0.2) is 0 Å². The largest absolute Gasteiger partial charge is 0.469 e. The molecule has 31 heavy (non-hydrogen) atoms. The van der Waals surface area contributed by atoms with Crippen molar-refractivity contribution in [2.24, 2.45) is 0 Å². The van der Waals surface area contributed by atoms with Crippen LogP contribution < -0.4 is 10.9 Å². The Balaban J connectivity index is 1.98. The van der Waals surface area contributed by atoms with Crippen molar-refractivity contribution in [2.45, 2.75) is 32.7 Å². The third kappa shape index (κ3) is 5.18. The second-order valence-electron chi connectivity index (χ2n) is 6.96. The summed E-state index contributed by atoms with van der Waals surface area (Å²) in [5.74, 6) is -0.0330. The molecule has 0 unspecified atom stereocenters. The summed E-state index contributed by atoms with van der Waals surface area (Å²) in [6.07, 6.45) is 1.10. The zero-order chi connectivity index (χ0) is 22.4. The van der Waals surface area contributed by atoms with E-state index in [0.717, 1.165) is 0 Å². The number of nitrogens with one attached hydrogen (secondary N) is 1. The van der Waals surface area contributed by atoms with Crippen LogP contribution in [0, 0.1) is 6.92 Å². The minimum absolute atomic E-state index is 0.206. The van der Waals surface area contributed by atoms with Crippen LogP contribution in [0.15, 0.2) is 35.1 Å². The molecule has 1 amide bonds. The number of aromatic nitrogens is 2. The molecule has 3 rings (SSSR count). The number of anilines is 1. The van der Waals surface area contributed by atoms with Crippen LogP contribution in [0.5, 0.6) is 0 Å². The van der Waals surface area contributed by atoms with Crippen molar-refractivity contribution in [1.82, 2.24) is 9.55 Å². The van der Waals surface area contributed by atoms with Crippen LogP contribution in [0.1, 0.15) is 33.9 Å². The van der Waals surface area contributed by atoms with Crippen LogP contribution in [0.2, 0.25) is 0 Å². The first-order valence-electron chi connectivity index (χ1n) is 9.91. The Bertz CT molecular complexity index is 1140. The molecule has 0 spiro atoms. The van der Waals surface area contributed by atoms with Crippen molar-refractivity contribution in [3.63, 3.8) is 0 Å². The van der Waals surface area contributed by atoms with Crippen LogP contribution in [0.3, 0.4) is 0 Å². The number of fused-ring (bicyclic) bond motifs is 1. The first-order valence-corrected chi connectivity index (χ1v) is 10.7. The first kappa shape index (κ1) is 22.6. The van der Waals surface area contributed by atoms with E-state index in [9.17, 15) is 14.4 Å². The molecule has 0 aliphatic heterocycles. The highest BCUT2D eigenvalue weighted by atomic mass is 32.1. The van der Waals surface area contributed by atoms with Crippen LogP contribution in [-0.2, 0) is 27.2 Å². The normalized spacial score (nSPS) is 10.9. The Hall–Kier alpha value is -3.04. The third-order valence-corrected chi connectivity index (χ3v) is 6.07. The molecule has 0 saturated heterocycles. The van der Waals surface area contributed by atoms with Gasteiger partial charge in [0, 0.05) is 32.2 Å². The van der Waals surface area contributed by atoms with Gasteiger partial charge < -0.3 is 14.8 Å². The Kier molecular flexibility index (Phi) is 7.54. The van der Waals surface area contributed by atoms with Crippen molar-refractivity contribution in [1.29, 1.82) is 0 Å². The summed E-state index contributed by atoms with van der Waals surface area (Å²) in [7, 11) is 2.92. The van der Waals surface area contributed by atoms with E-state index >= 15 is 0 Å². The van der Waals surface area contributed by atoms with Gasteiger partial charge >= 0.3 is 5.97 Å². The molecule has 0 atom stereocenters. The molecule has 1 N–H and O–H groups in total. The average molecular weight is 444 g/mol. The lowest BCUT2D eigenvalue weighted by atomic mass is 10.2. The molecule has 0 saturated carbocycles. The van der Waals surface area contributed by atoms with Crippen molar-refractivity contribution in [2.75, 3.05) is 26.1 Å². The van der Waals surface area contributed by atoms with E-state index in [1.807, 2.05) is 18.2 Å². The number of carbonyl (C=O) groups is 2. The summed E-state index contributed by atoms with van der Waals surface area (Å²) in [5, 5.41) is 3.29. The number of amides is 1. The highest BCUT2D eigenvalue weighted by Gasteiger charge is 2.21. The van der Waals surface area contributed by atoms with Gasteiger partial charge in [-0.25, -0.2) is 4.98 Å². The molecule has 0 fully saturated rings. The molecular weight excluding hydrogens is 418 g/mol. The van der Waals surface area contributed by atoms with Gasteiger partial charge in [0.25, 0.3) is 11.5 Å². The molecule has 0 radical (unpaired) electrons. The van der Waals surface area contributed by atoms with E-state index in [2.05, 4.69) is 15.0 Å². The van der Waals surface area contributed by atoms with Gasteiger partial charge in [0.05, 0.1) is 24.0 Å². The molecule has 3 aromatic rings. The maximum absolute atomic E-state index is 13.3. The highest BCUT2D eigenvalue weighted by Crippen LogP contribution is 2.28. The molecule has 9 heteroatoms. The molecule has 0 aliphatic carbocycles. The maximum Gasteiger partial charge on any atom is 0.305 e. The molecule has 8 nitrogen and oxygen atoms in total. The van der Waals surface area contributed by atoms with E-state index in [4.69, 9.17) is 4.74 Å². The number of benzene rings is 1. The maximum atomic E-state index is 13.3. The summed E-state index contributed by atoms with van der Waals surface area (Å²) in [5.41, 5.74) is 1.07. The lowest BCUT2D eigenvalue weighted by Crippen LogP contribution is -2.26. The number of para-hydroxylation sites is 1. The molecule has 0 aliphatic rings. The molecule has 2 heterocycles. The summed E-state index contributed by atoms with van der Waals surface area (Å²) in [6.45, 7) is 2.49. The molecule has 0 bridgehead atoms. The topological polar surface area (TPSA) is 99.5 Å². The molecule has 164 valence electrons. The Morgan fingerprint density at radius 2 is 1.94 bits per heavy atom. The SMILES string of the molecule is COCCc1nc2sc(C(=O)Nc3ccccc3)c(C)c2c(=O)n1CCCC(=O)OC. The predicted octanol–water partition coefficient (Wildman–Crippen LogP) is 3.16. The lowest BCUT2D eigenvalue weighted by molar-refractivity contribution is -0.140. The zero-order valence-electron chi connectivity index (χ0n) is 17.8. The predicted molar refractivity (Wildman–Crippen MR) is 120 cm³/mol. The standard InChI is InChI=1S/C22H25N3O5S/c1-14-18-21(31-19(14)20(27)23-15-8-5-4-6-9-15)24-16(11-13-29-2)25(22(18)28)12-7-10-17(26)30-3/h4-6,8-9H,7,10-13H2,1-3H3,(H,23,27). The van der Waals surface area contributed by atoms with Gasteiger partial charge in [-0.2, -0.15) is 0 Å². The number of esters is 1. The number of methoxy groups -OCH3 is 2. The summed E-state index contributed by atoms with van der Waals surface area (Å²) >= 11 is 1.20. The van der Waals surface area contributed by atoms with Crippen LogP contribution >= 0.6 is 11.3 Å². The summed E-state index contributed by atoms with van der Waals surface area (Å²) in [6, 6.07) is 9.15. The molecule has 1 aromatic carbocycles. The highest BCUT2D eigenvalue weighted by molar-refractivity contribution is 7.20. The Labute approximate surface area is 183 Å². The van der Waals surface area contributed by atoms with Crippen molar-refractivity contribution >= 4 is 39.1 Å². The van der Waals surface area contributed by atoms with Gasteiger partial charge in [-0.1, -0.05) is 18.2 Å². The van der Waals surface area contributed by atoms with E-state index in [-0.39, 0.29) is 23.9 Å². The van der Waals surface area contributed by atoms with Crippen molar-refractivity contribution in [3.8, 4) is 0 Å². The summed E-state index contributed by atoms with van der Waals surface area (Å²) < 4.78 is 11.4. The van der Waals surface area contributed by atoms with Gasteiger partial charge in [-0.05, 0) is 31.0 Å². The Morgan fingerprint density at radius 1 is 1.19 bits per heavy atom. The van der Waals surface area contributed by atoms with Gasteiger partial charge in [-0.3, -0.25) is 19.0 Å². The number of aryl methyl sites for hydroxylation is 1. The fourth-order valence-electron chi connectivity index (χ4n) is 3.28. The van der Waals surface area contributed by atoms with Crippen molar-refractivity contribution < 1.29 is 19.1 Å². The number of ether oxygens (including phenoxy) is 2. The third-order valence-electron chi connectivity index (χ3n) is 4.89. The lowest BCUT2D eigenvalue weighted by Gasteiger charge is -2.12. The van der Waals surface area contributed by atoms with Crippen LogP contribution in [-0.4, -0.2) is 42.3 Å². The van der Waals surface area contributed by atoms with E-state index in [0.29, 0.717) is 58.2 Å². The zero-order valence-corrected chi connectivity index (χ0v) is 18.6. The van der Waals surface area contributed by atoms with Gasteiger partial charge in [0.1, 0.15) is 10.7 Å². The number of nitrogens with zero attached hydrogens (tertiary/aromatic N) is 2. The monoisotopic (exact) mass is 443 g/mol. The van der Waals surface area contributed by atoms with E-state index in [1.165, 1.54) is 18.4 Å². The second-order valence-corrected chi connectivity index (χ2v) is 7.96. The van der Waals surface area contributed by atoms with E-state index < -0.39 is 0 Å². The average Bonchev–Trinajstić information content (AvgIpc) is 3.11.